The van der Waals surface area contributed by atoms with Crippen molar-refractivity contribution >= 4 is 16.7 Å². The second kappa shape index (κ2) is 9.11. The lowest BCUT2D eigenvalue weighted by Gasteiger charge is -2.11. The first-order valence-corrected chi connectivity index (χ1v) is 9.29. The molecule has 0 aliphatic heterocycles. The van der Waals surface area contributed by atoms with E-state index in [1.54, 1.807) is 6.20 Å². The first-order valence-electron chi connectivity index (χ1n) is 9.29. The van der Waals surface area contributed by atoms with E-state index in [1.165, 1.54) is 38.5 Å². The Morgan fingerprint density at radius 3 is 2.56 bits per heavy atom. The van der Waals surface area contributed by atoms with Crippen LogP contribution < -0.4 is 5.32 Å². The highest BCUT2D eigenvalue weighted by atomic mass is 15.0. The van der Waals surface area contributed by atoms with Gasteiger partial charge in [-0.25, -0.2) is 9.97 Å². The molecule has 0 saturated carbocycles. The van der Waals surface area contributed by atoms with Gasteiger partial charge in [-0.15, -0.1) is 0 Å². The summed E-state index contributed by atoms with van der Waals surface area (Å²) in [6.45, 7) is 3.20. The summed E-state index contributed by atoms with van der Waals surface area (Å²) >= 11 is 0. The minimum absolute atomic E-state index is 0.720. The number of rotatable bonds is 9. The molecule has 25 heavy (non-hydrogen) atoms. The Morgan fingerprint density at radius 2 is 1.72 bits per heavy atom. The van der Waals surface area contributed by atoms with Crippen LogP contribution in [0.1, 0.15) is 45.4 Å². The smallest absolute Gasteiger partial charge is 0.163 e. The molecule has 3 aromatic rings. The summed E-state index contributed by atoms with van der Waals surface area (Å²) in [5, 5.41) is 4.59. The van der Waals surface area contributed by atoms with Gasteiger partial charge in [-0.2, -0.15) is 0 Å². The van der Waals surface area contributed by atoms with E-state index in [-0.39, 0.29) is 0 Å². The summed E-state index contributed by atoms with van der Waals surface area (Å²) < 4.78 is 0. The topological polar surface area (TPSA) is 50.7 Å². The molecule has 1 N–H and O–H groups in total. The lowest BCUT2D eigenvalue weighted by atomic mass is 10.1. The number of pyridine rings is 1. The molecule has 0 saturated heterocycles. The van der Waals surface area contributed by atoms with Crippen molar-refractivity contribution in [2.45, 2.75) is 45.4 Å². The van der Waals surface area contributed by atoms with Crippen LogP contribution in [0.5, 0.6) is 0 Å². The number of nitrogens with one attached hydrogen (secondary N) is 1. The molecule has 4 heteroatoms. The lowest BCUT2D eigenvalue weighted by Crippen LogP contribution is -2.06. The third kappa shape index (κ3) is 4.75. The Hall–Kier alpha value is -2.49. The maximum atomic E-state index is 4.76. The average Bonchev–Trinajstić information content (AvgIpc) is 2.67. The molecule has 0 bridgehead atoms. The van der Waals surface area contributed by atoms with Crippen LogP contribution in [-0.4, -0.2) is 21.5 Å². The van der Waals surface area contributed by atoms with E-state index in [0.29, 0.717) is 0 Å². The summed E-state index contributed by atoms with van der Waals surface area (Å²) in [7, 11) is 0. The van der Waals surface area contributed by atoms with Crippen molar-refractivity contribution in [3.05, 3.63) is 48.8 Å². The number of hydrogen-bond acceptors (Lipinski definition) is 4. The molecule has 0 spiro atoms. The van der Waals surface area contributed by atoms with Crippen LogP contribution in [0, 0.1) is 0 Å². The monoisotopic (exact) mass is 334 g/mol. The van der Waals surface area contributed by atoms with Crippen LogP contribution in [0.3, 0.4) is 0 Å². The second-order valence-electron chi connectivity index (χ2n) is 6.35. The van der Waals surface area contributed by atoms with Crippen molar-refractivity contribution in [1.82, 2.24) is 15.0 Å². The minimum Gasteiger partial charge on any atom is -0.369 e. The van der Waals surface area contributed by atoms with Crippen molar-refractivity contribution in [2.75, 3.05) is 11.9 Å². The quantitative estimate of drug-likeness (QED) is 0.528. The number of benzene rings is 1. The molecule has 3 rings (SSSR count). The second-order valence-corrected chi connectivity index (χ2v) is 6.35. The minimum atomic E-state index is 0.720. The predicted octanol–water partition coefficient (Wildman–Crippen LogP) is 5.46. The molecule has 0 atom stereocenters. The van der Waals surface area contributed by atoms with Crippen molar-refractivity contribution in [2.24, 2.45) is 0 Å². The zero-order valence-electron chi connectivity index (χ0n) is 14.9. The van der Waals surface area contributed by atoms with E-state index in [0.717, 1.165) is 34.7 Å². The first-order chi connectivity index (χ1) is 12.4. The zero-order chi connectivity index (χ0) is 17.3. The van der Waals surface area contributed by atoms with E-state index in [9.17, 15) is 0 Å². The maximum Gasteiger partial charge on any atom is 0.163 e. The molecule has 4 nitrogen and oxygen atoms in total. The fourth-order valence-corrected chi connectivity index (χ4v) is 2.95. The number of unbranched alkanes of at least 4 members (excludes halogenated alkanes) is 5. The van der Waals surface area contributed by atoms with Gasteiger partial charge in [0.15, 0.2) is 5.82 Å². The summed E-state index contributed by atoms with van der Waals surface area (Å²) in [5.74, 6) is 1.63. The van der Waals surface area contributed by atoms with Crippen LogP contribution in [0.4, 0.5) is 5.82 Å². The van der Waals surface area contributed by atoms with E-state index in [2.05, 4.69) is 23.3 Å². The Balaban J connectivity index is 1.72. The Bertz CT molecular complexity index is 786. The van der Waals surface area contributed by atoms with Gasteiger partial charge in [0.2, 0.25) is 0 Å². The molecule has 0 radical (unpaired) electrons. The lowest BCUT2D eigenvalue weighted by molar-refractivity contribution is 0.617. The maximum absolute atomic E-state index is 4.76. The summed E-state index contributed by atoms with van der Waals surface area (Å²) in [6, 6.07) is 12.1. The van der Waals surface area contributed by atoms with E-state index in [1.807, 2.05) is 36.5 Å². The van der Waals surface area contributed by atoms with E-state index >= 15 is 0 Å². The molecule has 2 aromatic heterocycles. The summed E-state index contributed by atoms with van der Waals surface area (Å²) in [4.78, 5) is 13.6. The van der Waals surface area contributed by atoms with Crippen molar-refractivity contribution < 1.29 is 0 Å². The van der Waals surface area contributed by atoms with Crippen LogP contribution in [0.25, 0.3) is 22.3 Å². The number of aromatic nitrogens is 3. The molecular formula is C21H26N4. The summed E-state index contributed by atoms with van der Waals surface area (Å²) in [5.41, 5.74) is 1.90. The SMILES string of the molecule is CCCCCCCCNc1nc(-c2cccnc2)nc2ccccc12. The van der Waals surface area contributed by atoms with E-state index < -0.39 is 0 Å². The van der Waals surface area contributed by atoms with Crippen molar-refractivity contribution in [1.29, 1.82) is 0 Å². The molecule has 0 fully saturated rings. The highest BCUT2D eigenvalue weighted by molar-refractivity contribution is 5.90. The highest BCUT2D eigenvalue weighted by Gasteiger charge is 2.08. The molecule has 2 heterocycles. The van der Waals surface area contributed by atoms with Gasteiger partial charge in [-0.1, -0.05) is 51.2 Å². The van der Waals surface area contributed by atoms with Gasteiger partial charge in [0, 0.05) is 29.9 Å². The summed E-state index contributed by atoms with van der Waals surface area (Å²) in [6.07, 6.45) is 11.3. The molecular weight excluding hydrogens is 308 g/mol. The molecule has 130 valence electrons. The number of nitrogens with zero attached hydrogens (tertiary/aromatic N) is 3. The van der Waals surface area contributed by atoms with Gasteiger partial charge in [-0.3, -0.25) is 4.98 Å². The van der Waals surface area contributed by atoms with Gasteiger partial charge in [0.1, 0.15) is 5.82 Å². The first kappa shape index (κ1) is 17.3. The van der Waals surface area contributed by atoms with E-state index in [4.69, 9.17) is 9.97 Å². The van der Waals surface area contributed by atoms with Crippen LogP contribution in [0.15, 0.2) is 48.8 Å². The predicted molar refractivity (Wildman–Crippen MR) is 105 cm³/mol. The Morgan fingerprint density at radius 1 is 0.880 bits per heavy atom. The van der Waals surface area contributed by atoms with Crippen LogP contribution >= 0.6 is 0 Å². The largest absolute Gasteiger partial charge is 0.369 e. The van der Waals surface area contributed by atoms with Gasteiger partial charge in [0.05, 0.1) is 5.52 Å². The number of para-hydroxylation sites is 1. The van der Waals surface area contributed by atoms with Crippen molar-refractivity contribution in [3.8, 4) is 11.4 Å². The molecule has 1 aromatic carbocycles. The Kier molecular flexibility index (Phi) is 6.32. The molecule has 0 aliphatic carbocycles. The number of anilines is 1. The fourth-order valence-electron chi connectivity index (χ4n) is 2.95. The zero-order valence-corrected chi connectivity index (χ0v) is 14.9. The highest BCUT2D eigenvalue weighted by Crippen LogP contribution is 2.24. The number of fused-ring (bicyclic) bond motifs is 1. The molecule has 0 unspecified atom stereocenters. The molecule has 0 aliphatic rings. The van der Waals surface area contributed by atoms with Gasteiger partial charge in [0.25, 0.3) is 0 Å². The third-order valence-electron chi connectivity index (χ3n) is 4.35. The van der Waals surface area contributed by atoms with Gasteiger partial charge < -0.3 is 5.32 Å². The van der Waals surface area contributed by atoms with Gasteiger partial charge >= 0.3 is 0 Å². The number of hydrogen-bond donors (Lipinski definition) is 1. The molecule has 0 amide bonds. The van der Waals surface area contributed by atoms with Crippen molar-refractivity contribution in [3.63, 3.8) is 0 Å². The Labute approximate surface area is 149 Å². The standard InChI is InChI=1S/C21H26N4/c1-2-3-4-5-6-9-15-23-21-18-12-7-8-13-19(18)24-20(25-21)17-11-10-14-22-16-17/h7-8,10-14,16H,2-6,9,15H2,1H3,(H,23,24,25). The normalized spacial score (nSPS) is 10.9. The fraction of sp³-hybridized carbons (Fsp3) is 0.381. The van der Waals surface area contributed by atoms with Gasteiger partial charge in [-0.05, 0) is 30.7 Å². The van der Waals surface area contributed by atoms with Crippen LogP contribution in [0.2, 0.25) is 0 Å². The van der Waals surface area contributed by atoms with Crippen LogP contribution in [-0.2, 0) is 0 Å². The average molecular weight is 334 g/mol. The third-order valence-corrected chi connectivity index (χ3v) is 4.35.